The van der Waals surface area contributed by atoms with Crippen LogP contribution in [0.1, 0.15) is 6.92 Å². The first-order chi connectivity index (χ1) is 3.30. The largest absolute Gasteiger partial charge is 0.378 e. The highest BCUT2D eigenvalue weighted by atomic mass is 16.1. The van der Waals surface area contributed by atoms with Crippen molar-refractivity contribution in [3.05, 3.63) is 0 Å². The van der Waals surface area contributed by atoms with E-state index in [1.807, 2.05) is 0 Å². The Morgan fingerprint density at radius 3 is 2.57 bits per heavy atom. The summed E-state index contributed by atoms with van der Waals surface area (Å²) >= 11 is 0. The van der Waals surface area contributed by atoms with Crippen LogP contribution in [0.4, 0.5) is 0 Å². The van der Waals surface area contributed by atoms with Gasteiger partial charge in [0.15, 0.2) is 0 Å². The van der Waals surface area contributed by atoms with E-state index in [2.05, 4.69) is 16.3 Å². The summed E-state index contributed by atoms with van der Waals surface area (Å²) in [6.45, 7) is 1.60. The smallest absolute Gasteiger partial charge is 0.131 e. The van der Waals surface area contributed by atoms with Gasteiger partial charge in [-0.2, -0.15) is 0 Å². The third-order valence-corrected chi connectivity index (χ3v) is 0.679. The van der Waals surface area contributed by atoms with E-state index < -0.39 is 0 Å². The van der Waals surface area contributed by atoms with Crippen LogP contribution in [0.2, 0.25) is 0 Å². The molecule has 0 spiro atoms. The number of carbonyl (C=O) groups is 1. The van der Waals surface area contributed by atoms with Crippen LogP contribution < -0.4 is 0 Å². The summed E-state index contributed by atoms with van der Waals surface area (Å²) in [6.07, 6.45) is 2.19. The van der Waals surface area contributed by atoms with Crippen LogP contribution in [0.5, 0.6) is 0 Å². The molecular formula is C4H3N2O-. The van der Waals surface area contributed by atoms with Gasteiger partial charge in [-0.15, -0.1) is 0 Å². The van der Waals surface area contributed by atoms with Gasteiger partial charge in [0.25, 0.3) is 0 Å². The van der Waals surface area contributed by atoms with Crippen molar-refractivity contribution in [3.8, 4) is 0 Å². The molecule has 1 heterocycles. The van der Waals surface area contributed by atoms with E-state index in [4.69, 9.17) is 0 Å². The molecule has 0 radical (unpaired) electrons. The van der Waals surface area contributed by atoms with Crippen LogP contribution in [-0.4, -0.2) is 18.0 Å². The van der Waals surface area contributed by atoms with Gasteiger partial charge >= 0.3 is 0 Å². The van der Waals surface area contributed by atoms with E-state index in [-0.39, 0.29) is 5.91 Å². The zero-order valence-electron chi connectivity index (χ0n) is 3.80. The molecule has 0 aromatic heterocycles. The quantitative estimate of drug-likeness (QED) is 0.387. The van der Waals surface area contributed by atoms with Crippen molar-refractivity contribution in [1.82, 2.24) is 0 Å². The molecule has 0 saturated heterocycles. The van der Waals surface area contributed by atoms with E-state index in [0.29, 0.717) is 5.71 Å². The van der Waals surface area contributed by atoms with Gasteiger partial charge in [0.2, 0.25) is 0 Å². The third kappa shape index (κ3) is 0.559. The molecule has 1 amide bonds. The van der Waals surface area contributed by atoms with Crippen molar-refractivity contribution in [2.75, 3.05) is 0 Å². The fourth-order valence-electron chi connectivity index (χ4n) is 0.274. The predicted molar refractivity (Wildman–Crippen MR) is 25.6 cm³/mol. The topological polar surface area (TPSA) is 41.8 Å². The van der Waals surface area contributed by atoms with Gasteiger partial charge in [-0.1, -0.05) is 12.6 Å². The summed E-state index contributed by atoms with van der Waals surface area (Å²) in [6, 6.07) is 0. The van der Waals surface area contributed by atoms with Crippen LogP contribution in [0.15, 0.2) is 9.98 Å². The van der Waals surface area contributed by atoms with E-state index in [1.165, 1.54) is 0 Å². The maximum Gasteiger partial charge on any atom is 0.131 e. The third-order valence-electron chi connectivity index (χ3n) is 0.679. The molecule has 1 rings (SSSR count). The molecule has 0 aromatic carbocycles. The van der Waals surface area contributed by atoms with Gasteiger partial charge in [-0.25, -0.2) is 0 Å². The van der Waals surface area contributed by atoms with Crippen molar-refractivity contribution in [2.45, 2.75) is 6.92 Å². The molecule has 0 atom stereocenters. The highest BCUT2D eigenvalue weighted by molar-refractivity contribution is 6.42. The number of hydrogen-bond acceptors (Lipinski definition) is 2. The normalized spacial score (nSPS) is 17.9. The van der Waals surface area contributed by atoms with Gasteiger partial charge < -0.3 is 14.8 Å². The Bertz CT molecular complexity index is 157. The Balaban J connectivity index is 2.89. The number of aliphatic imine (C=N–C) groups is 2. The molecule has 0 bridgehead atoms. The van der Waals surface area contributed by atoms with Gasteiger partial charge in [0.05, 0.1) is 0 Å². The minimum atomic E-state index is -0.278. The van der Waals surface area contributed by atoms with Gasteiger partial charge in [-0.3, -0.25) is 0 Å². The monoisotopic (exact) mass is 95.0 g/mol. The number of rotatable bonds is 0. The lowest BCUT2D eigenvalue weighted by atomic mass is 10.4. The molecular weight excluding hydrogens is 92.1 g/mol. The second-order valence-electron chi connectivity index (χ2n) is 1.21. The molecule has 3 nitrogen and oxygen atoms in total. The van der Waals surface area contributed by atoms with Gasteiger partial charge in [0, 0.05) is 6.34 Å². The molecule has 1 aliphatic rings. The van der Waals surface area contributed by atoms with Crippen LogP contribution in [0.3, 0.4) is 0 Å². The van der Waals surface area contributed by atoms with E-state index in [1.54, 1.807) is 6.92 Å². The number of hydrogen-bond donors (Lipinski definition) is 0. The number of carbonyl (C=O) groups excluding carboxylic acids is 1. The maximum absolute atomic E-state index is 10.2. The SMILES string of the molecule is CC1=N[C-]=NC1=O. The lowest BCUT2D eigenvalue weighted by Crippen LogP contribution is -1.99. The van der Waals surface area contributed by atoms with E-state index in [9.17, 15) is 4.79 Å². The molecule has 0 aliphatic carbocycles. The molecule has 0 saturated carbocycles. The van der Waals surface area contributed by atoms with Crippen LogP contribution in [0.25, 0.3) is 0 Å². The molecule has 3 heteroatoms. The Morgan fingerprint density at radius 1 is 1.71 bits per heavy atom. The second-order valence-corrected chi connectivity index (χ2v) is 1.21. The first kappa shape index (κ1) is 4.18. The zero-order valence-corrected chi connectivity index (χ0v) is 3.80. The molecule has 36 valence electrons. The van der Waals surface area contributed by atoms with Crippen LogP contribution >= 0.6 is 0 Å². The van der Waals surface area contributed by atoms with E-state index >= 15 is 0 Å². The van der Waals surface area contributed by atoms with Crippen LogP contribution in [0, 0.1) is 0 Å². The first-order valence-electron chi connectivity index (χ1n) is 1.85. The highest BCUT2D eigenvalue weighted by Gasteiger charge is 1.90. The Morgan fingerprint density at radius 2 is 2.43 bits per heavy atom. The van der Waals surface area contributed by atoms with Gasteiger partial charge in [-0.05, 0) is 0 Å². The van der Waals surface area contributed by atoms with Crippen molar-refractivity contribution < 1.29 is 4.79 Å². The van der Waals surface area contributed by atoms with Crippen molar-refractivity contribution >= 4 is 18.0 Å². The molecule has 0 N–H and O–H groups in total. The minimum Gasteiger partial charge on any atom is -0.378 e. The summed E-state index contributed by atoms with van der Waals surface area (Å²) in [5, 5.41) is 0. The molecule has 0 unspecified atom stereocenters. The maximum atomic E-state index is 10.2. The van der Waals surface area contributed by atoms with Crippen molar-refractivity contribution in [2.24, 2.45) is 9.98 Å². The predicted octanol–water partition coefficient (Wildman–Crippen LogP) is -0.107. The molecule has 0 fully saturated rings. The minimum absolute atomic E-state index is 0.278. The molecule has 7 heavy (non-hydrogen) atoms. The number of nitrogens with zero attached hydrogens (tertiary/aromatic N) is 2. The number of amides is 1. The van der Waals surface area contributed by atoms with Gasteiger partial charge in [0.1, 0.15) is 5.91 Å². The first-order valence-corrected chi connectivity index (χ1v) is 1.85. The second kappa shape index (κ2) is 1.26. The summed E-state index contributed by atoms with van der Waals surface area (Å²) in [4.78, 5) is 16.9. The summed E-state index contributed by atoms with van der Waals surface area (Å²) < 4.78 is 0. The standard InChI is InChI=1S/C4H3N2O/c1-3-4(7)6-2-5-3/h1H3/q-1. The van der Waals surface area contributed by atoms with Crippen molar-refractivity contribution in [1.29, 1.82) is 0 Å². The fourth-order valence-corrected chi connectivity index (χ4v) is 0.274. The average Bonchev–Trinajstić information content (AvgIpc) is 1.91. The summed E-state index contributed by atoms with van der Waals surface area (Å²) in [5.41, 5.74) is 0.417. The van der Waals surface area contributed by atoms with Crippen molar-refractivity contribution in [3.63, 3.8) is 0 Å². The Kier molecular flexibility index (Phi) is 0.749. The van der Waals surface area contributed by atoms with Crippen LogP contribution in [-0.2, 0) is 4.79 Å². The summed E-state index contributed by atoms with van der Waals surface area (Å²) in [7, 11) is 0. The zero-order chi connectivity index (χ0) is 5.28. The Labute approximate surface area is 40.8 Å². The fraction of sp³-hybridized carbons (Fsp3) is 0.250. The summed E-state index contributed by atoms with van der Waals surface area (Å²) in [5.74, 6) is -0.278. The molecule has 1 aliphatic heterocycles. The Hall–Kier alpha value is -0.990. The van der Waals surface area contributed by atoms with E-state index in [0.717, 1.165) is 0 Å². The lowest BCUT2D eigenvalue weighted by molar-refractivity contribution is -0.111. The lowest BCUT2D eigenvalue weighted by Gasteiger charge is -1.89. The highest BCUT2D eigenvalue weighted by Crippen LogP contribution is 1.87. The molecule has 0 aromatic rings. The average molecular weight is 95.1 g/mol.